The van der Waals surface area contributed by atoms with Gasteiger partial charge >= 0.3 is 0 Å². The standard InChI is InChI=1S/C27H32FN5O4S/c1-16(2)15-37-21-13-19(12-20(28)14-21)23-10-9-22(26(31-23)33-17(3)7-8-18(33)4)27(34)32-38(35,36)24-6-5-11-30-25(24)29/h5-6,9-14,16-18H,7-8,15H2,1-4H3,(H2,29,30)(H,32,34)/t17-,18+. The fourth-order valence-electron chi connectivity index (χ4n) is 4.51. The second-order valence-electron chi connectivity index (χ2n) is 9.95. The summed E-state index contributed by atoms with van der Waals surface area (Å²) in [6.45, 7) is 8.47. The van der Waals surface area contributed by atoms with Crippen LogP contribution in [0.4, 0.5) is 16.0 Å². The molecule has 0 aliphatic carbocycles. The number of nitrogens with two attached hydrogens (primary N) is 1. The number of nitrogens with zero attached hydrogens (tertiary/aromatic N) is 3. The molecule has 0 unspecified atom stereocenters. The van der Waals surface area contributed by atoms with Crippen LogP contribution in [0.1, 0.15) is 50.9 Å². The number of carbonyl (C=O) groups excluding carboxylic acids is 1. The maximum absolute atomic E-state index is 14.5. The fraction of sp³-hybridized carbons (Fsp3) is 0.370. The summed E-state index contributed by atoms with van der Waals surface area (Å²) in [5, 5.41) is 0. The Morgan fingerprint density at radius 3 is 2.55 bits per heavy atom. The lowest BCUT2D eigenvalue weighted by Crippen LogP contribution is -2.37. The molecule has 38 heavy (non-hydrogen) atoms. The van der Waals surface area contributed by atoms with Crippen LogP contribution in [-0.4, -0.2) is 43.0 Å². The van der Waals surface area contributed by atoms with E-state index in [1.54, 1.807) is 12.1 Å². The normalized spacial score (nSPS) is 17.6. The molecule has 0 bridgehead atoms. The number of amides is 1. The second-order valence-corrected chi connectivity index (χ2v) is 11.6. The van der Waals surface area contributed by atoms with E-state index in [1.165, 1.54) is 36.5 Å². The van der Waals surface area contributed by atoms with Crippen molar-refractivity contribution >= 4 is 27.6 Å². The molecule has 202 valence electrons. The number of sulfonamides is 1. The lowest BCUT2D eigenvalue weighted by Gasteiger charge is -2.29. The summed E-state index contributed by atoms with van der Waals surface area (Å²) in [6.07, 6.45) is 3.12. The van der Waals surface area contributed by atoms with Gasteiger partial charge in [-0.1, -0.05) is 13.8 Å². The maximum atomic E-state index is 14.5. The van der Waals surface area contributed by atoms with Crippen molar-refractivity contribution in [3.05, 3.63) is 60.0 Å². The number of anilines is 2. The highest BCUT2D eigenvalue weighted by Gasteiger charge is 2.33. The van der Waals surface area contributed by atoms with Crippen molar-refractivity contribution in [2.24, 2.45) is 5.92 Å². The van der Waals surface area contributed by atoms with Crippen LogP contribution >= 0.6 is 0 Å². The molecular formula is C27H32FN5O4S. The summed E-state index contributed by atoms with van der Waals surface area (Å²) >= 11 is 0. The van der Waals surface area contributed by atoms with E-state index in [0.717, 1.165) is 12.8 Å². The van der Waals surface area contributed by atoms with Gasteiger partial charge in [0.15, 0.2) is 0 Å². The van der Waals surface area contributed by atoms with Gasteiger partial charge in [0.2, 0.25) is 0 Å². The number of hydrogen-bond donors (Lipinski definition) is 2. The van der Waals surface area contributed by atoms with Crippen LogP contribution in [0, 0.1) is 11.7 Å². The Morgan fingerprint density at radius 1 is 1.18 bits per heavy atom. The van der Waals surface area contributed by atoms with Crippen LogP contribution in [0.15, 0.2) is 53.6 Å². The monoisotopic (exact) mass is 541 g/mol. The van der Waals surface area contributed by atoms with E-state index in [9.17, 15) is 17.6 Å². The summed E-state index contributed by atoms with van der Waals surface area (Å²) in [5.41, 5.74) is 6.71. The predicted octanol–water partition coefficient (Wildman–Crippen LogP) is 4.40. The van der Waals surface area contributed by atoms with Gasteiger partial charge in [0.05, 0.1) is 17.9 Å². The zero-order chi connectivity index (χ0) is 27.6. The Morgan fingerprint density at radius 2 is 1.89 bits per heavy atom. The highest BCUT2D eigenvalue weighted by atomic mass is 32.2. The van der Waals surface area contributed by atoms with Crippen molar-refractivity contribution in [1.82, 2.24) is 14.7 Å². The van der Waals surface area contributed by atoms with E-state index < -0.39 is 21.7 Å². The van der Waals surface area contributed by atoms with Crippen molar-refractivity contribution in [3.8, 4) is 17.0 Å². The number of aromatic nitrogens is 2. The molecular weight excluding hydrogens is 509 g/mol. The molecule has 4 rings (SSSR count). The van der Waals surface area contributed by atoms with Gasteiger partial charge in [-0.3, -0.25) is 4.79 Å². The van der Waals surface area contributed by atoms with Gasteiger partial charge in [-0.15, -0.1) is 0 Å². The smallest absolute Gasteiger partial charge is 0.268 e. The van der Waals surface area contributed by atoms with Gasteiger partial charge in [0.1, 0.15) is 28.1 Å². The van der Waals surface area contributed by atoms with Crippen molar-refractivity contribution in [2.75, 3.05) is 17.2 Å². The van der Waals surface area contributed by atoms with E-state index in [4.69, 9.17) is 15.5 Å². The molecule has 3 aromatic rings. The van der Waals surface area contributed by atoms with Crippen LogP contribution in [0.25, 0.3) is 11.3 Å². The number of nitrogens with one attached hydrogen (secondary N) is 1. The number of rotatable bonds is 8. The third-order valence-electron chi connectivity index (χ3n) is 6.38. The third-order valence-corrected chi connectivity index (χ3v) is 7.76. The zero-order valence-electron chi connectivity index (χ0n) is 21.8. The van der Waals surface area contributed by atoms with Crippen LogP contribution in [0.2, 0.25) is 0 Å². The Hall–Kier alpha value is -3.73. The molecule has 1 fully saturated rings. The molecule has 1 aliphatic heterocycles. The first-order valence-corrected chi connectivity index (χ1v) is 14.0. The molecule has 0 spiro atoms. The largest absolute Gasteiger partial charge is 0.493 e. The van der Waals surface area contributed by atoms with Gasteiger partial charge < -0.3 is 15.4 Å². The Labute approximate surface area is 222 Å². The molecule has 1 aromatic carbocycles. The number of hydrogen-bond acceptors (Lipinski definition) is 8. The van der Waals surface area contributed by atoms with E-state index in [1.807, 2.05) is 32.6 Å². The fourth-order valence-corrected chi connectivity index (χ4v) is 5.56. The average Bonchev–Trinajstić information content (AvgIpc) is 3.19. The van der Waals surface area contributed by atoms with Gasteiger partial charge in [-0.05, 0) is 69.0 Å². The lowest BCUT2D eigenvalue weighted by molar-refractivity contribution is 0.0981. The van der Waals surface area contributed by atoms with Gasteiger partial charge in [-0.25, -0.2) is 27.5 Å². The third kappa shape index (κ3) is 5.88. The molecule has 9 nitrogen and oxygen atoms in total. The van der Waals surface area contributed by atoms with Crippen LogP contribution in [0.5, 0.6) is 5.75 Å². The number of ether oxygens (including phenoxy) is 1. The number of benzene rings is 1. The first-order chi connectivity index (χ1) is 18.0. The lowest BCUT2D eigenvalue weighted by atomic mass is 10.1. The minimum Gasteiger partial charge on any atom is -0.493 e. The van der Waals surface area contributed by atoms with E-state index in [2.05, 4.69) is 9.71 Å². The predicted molar refractivity (Wildman–Crippen MR) is 144 cm³/mol. The number of halogens is 1. The second kappa shape index (κ2) is 10.9. The zero-order valence-corrected chi connectivity index (χ0v) is 22.6. The molecule has 1 amide bonds. The summed E-state index contributed by atoms with van der Waals surface area (Å²) in [6, 6.07) is 10.2. The molecule has 0 saturated carbocycles. The topological polar surface area (TPSA) is 128 Å². The Bertz CT molecular complexity index is 1440. The Kier molecular flexibility index (Phi) is 7.86. The number of pyridine rings is 2. The summed E-state index contributed by atoms with van der Waals surface area (Å²) in [4.78, 5) is 23.6. The van der Waals surface area contributed by atoms with Crippen molar-refractivity contribution in [3.63, 3.8) is 0 Å². The van der Waals surface area contributed by atoms with E-state index >= 15 is 0 Å². The quantitative estimate of drug-likeness (QED) is 0.430. The first kappa shape index (κ1) is 27.3. The molecule has 0 radical (unpaired) electrons. The minimum atomic E-state index is -4.29. The van der Waals surface area contributed by atoms with Crippen LogP contribution in [-0.2, 0) is 10.0 Å². The van der Waals surface area contributed by atoms with Crippen molar-refractivity contribution < 1.29 is 22.3 Å². The van der Waals surface area contributed by atoms with Crippen LogP contribution < -0.4 is 20.1 Å². The highest BCUT2D eigenvalue weighted by Crippen LogP contribution is 2.34. The molecule has 2 atom stereocenters. The van der Waals surface area contributed by atoms with Crippen molar-refractivity contribution in [1.29, 1.82) is 0 Å². The molecule has 2 aromatic heterocycles. The highest BCUT2D eigenvalue weighted by molar-refractivity contribution is 7.90. The number of nitrogen functional groups attached to an aromatic ring is 1. The molecule has 1 aliphatic rings. The molecule has 1 saturated heterocycles. The van der Waals surface area contributed by atoms with E-state index in [0.29, 0.717) is 29.4 Å². The van der Waals surface area contributed by atoms with Gasteiger partial charge in [-0.2, -0.15) is 0 Å². The average molecular weight is 542 g/mol. The molecule has 3 N–H and O–H groups in total. The summed E-state index contributed by atoms with van der Waals surface area (Å²) in [5.74, 6) is -0.587. The SMILES string of the molecule is CC(C)COc1cc(F)cc(-c2ccc(C(=O)NS(=O)(=O)c3cccnc3N)c(N3[C@H](C)CC[C@@H]3C)n2)c1. The number of carbonyl (C=O) groups is 1. The maximum Gasteiger partial charge on any atom is 0.268 e. The Balaban J connectivity index is 1.75. The van der Waals surface area contributed by atoms with Gasteiger partial charge in [0.25, 0.3) is 15.9 Å². The van der Waals surface area contributed by atoms with Gasteiger partial charge in [0, 0.05) is 29.9 Å². The summed E-state index contributed by atoms with van der Waals surface area (Å²) in [7, 11) is -4.29. The summed E-state index contributed by atoms with van der Waals surface area (Å²) < 4.78 is 48.2. The molecule has 3 heterocycles. The minimum absolute atomic E-state index is 0.0577. The van der Waals surface area contributed by atoms with Crippen molar-refractivity contribution in [2.45, 2.75) is 57.5 Å². The van der Waals surface area contributed by atoms with E-state index in [-0.39, 0.29) is 34.3 Å². The first-order valence-electron chi connectivity index (χ1n) is 12.5. The molecule has 11 heteroatoms. The van der Waals surface area contributed by atoms with Crippen LogP contribution in [0.3, 0.4) is 0 Å².